The van der Waals surface area contributed by atoms with Crippen molar-refractivity contribution in [3.8, 4) is 17.2 Å². The van der Waals surface area contributed by atoms with Crippen molar-refractivity contribution in [2.24, 2.45) is 0 Å². The first kappa shape index (κ1) is 15.7. The van der Waals surface area contributed by atoms with Crippen molar-refractivity contribution in [2.45, 2.75) is 6.92 Å². The van der Waals surface area contributed by atoms with Gasteiger partial charge in [0.05, 0.1) is 0 Å². The van der Waals surface area contributed by atoms with E-state index in [1.807, 2.05) is 0 Å². The van der Waals surface area contributed by atoms with Crippen molar-refractivity contribution >= 4 is 11.6 Å². The lowest BCUT2D eigenvalue weighted by atomic mass is 10.2. The number of amides is 1. The number of aryl methyl sites for hydroxylation is 1. The van der Waals surface area contributed by atoms with Gasteiger partial charge < -0.3 is 14.6 Å². The minimum atomic E-state index is -0.510. The molecule has 0 radical (unpaired) electrons. The third-order valence-electron chi connectivity index (χ3n) is 3.14. The summed E-state index contributed by atoms with van der Waals surface area (Å²) in [6, 6.07) is 12.8. The quantitative estimate of drug-likeness (QED) is 0.778. The Kier molecular flexibility index (Phi) is 4.51. The number of para-hydroxylation sites is 1. The SMILES string of the molecule is Cc1noc(-c2ccc(NC(=O)COc3ccccc3F)cc2)n1. The van der Waals surface area contributed by atoms with Gasteiger partial charge in [0.1, 0.15) is 0 Å². The van der Waals surface area contributed by atoms with Gasteiger partial charge in [0.2, 0.25) is 0 Å². The van der Waals surface area contributed by atoms with Crippen molar-refractivity contribution < 1.29 is 18.4 Å². The number of nitrogens with zero attached hydrogens (tertiary/aromatic N) is 2. The van der Waals surface area contributed by atoms with Crippen molar-refractivity contribution in [2.75, 3.05) is 11.9 Å². The van der Waals surface area contributed by atoms with Gasteiger partial charge in [-0.3, -0.25) is 4.79 Å². The summed E-state index contributed by atoms with van der Waals surface area (Å²) in [5.41, 5.74) is 1.33. The van der Waals surface area contributed by atoms with Gasteiger partial charge in [-0.25, -0.2) is 4.39 Å². The summed E-state index contributed by atoms with van der Waals surface area (Å²) in [5.74, 6) is 0.0971. The first-order chi connectivity index (χ1) is 11.6. The molecule has 0 aliphatic carbocycles. The van der Waals surface area contributed by atoms with Gasteiger partial charge in [0.15, 0.2) is 24.0 Å². The van der Waals surface area contributed by atoms with Crippen molar-refractivity contribution in [3.05, 3.63) is 60.2 Å². The highest BCUT2D eigenvalue weighted by Crippen LogP contribution is 2.20. The Hall–Kier alpha value is -3.22. The highest BCUT2D eigenvalue weighted by Gasteiger charge is 2.09. The predicted octanol–water partition coefficient (Wildman–Crippen LogP) is 3.20. The number of carbonyl (C=O) groups is 1. The number of anilines is 1. The number of benzene rings is 2. The van der Waals surface area contributed by atoms with Crippen LogP contribution in [0.1, 0.15) is 5.82 Å². The van der Waals surface area contributed by atoms with E-state index in [9.17, 15) is 9.18 Å². The molecule has 3 aromatic rings. The number of hydrogen-bond donors (Lipinski definition) is 1. The summed E-state index contributed by atoms with van der Waals surface area (Å²) < 4.78 is 23.6. The number of nitrogens with one attached hydrogen (secondary N) is 1. The summed E-state index contributed by atoms with van der Waals surface area (Å²) in [7, 11) is 0. The first-order valence-electron chi connectivity index (χ1n) is 7.20. The van der Waals surface area contributed by atoms with Crippen molar-refractivity contribution in [3.63, 3.8) is 0 Å². The molecule has 0 saturated carbocycles. The van der Waals surface area contributed by atoms with E-state index in [4.69, 9.17) is 9.26 Å². The monoisotopic (exact) mass is 327 g/mol. The molecule has 0 atom stereocenters. The molecule has 1 heterocycles. The van der Waals surface area contributed by atoms with Crippen LogP contribution < -0.4 is 10.1 Å². The average molecular weight is 327 g/mol. The fourth-order valence-electron chi connectivity index (χ4n) is 2.01. The van der Waals surface area contributed by atoms with Gasteiger partial charge >= 0.3 is 0 Å². The predicted molar refractivity (Wildman–Crippen MR) is 85.0 cm³/mol. The van der Waals surface area contributed by atoms with E-state index in [2.05, 4.69) is 15.5 Å². The van der Waals surface area contributed by atoms with Gasteiger partial charge in [-0.1, -0.05) is 17.3 Å². The van der Waals surface area contributed by atoms with Gasteiger partial charge in [-0.15, -0.1) is 0 Å². The highest BCUT2D eigenvalue weighted by atomic mass is 19.1. The number of ether oxygens (including phenoxy) is 1. The zero-order valence-electron chi connectivity index (χ0n) is 12.8. The molecular formula is C17H14FN3O3. The second-order valence-electron chi connectivity index (χ2n) is 4.99. The van der Waals surface area contributed by atoms with Crippen LogP contribution in [-0.4, -0.2) is 22.7 Å². The largest absolute Gasteiger partial charge is 0.481 e. The van der Waals surface area contributed by atoms with Crippen LogP contribution in [0.25, 0.3) is 11.5 Å². The smallest absolute Gasteiger partial charge is 0.262 e. The average Bonchev–Trinajstić information content (AvgIpc) is 3.01. The second kappa shape index (κ2) is 6.91. The minimum Gasteiger partial charge on any atom is -0.481 e. The lowest BCUT2D eigenvalue weighted by molar-refractivity contribution is -0.118. The Morgan fingerprint density at radius 1 is 1.21 bits per heavy atom. The second-order valence-corrected chi connectivity index (χ2v) is 4.99. The van der Waals surface area contributed by atoms with E-state index in [-0.39, 0.29) is 18.3 Å². The van der Waals surface area contributed by atoms with Gasteiger partial charge in [-0.2, -0.15) is 4.98 Å². The maximum absolute atomic E-state index is 13.4. The molecule has 0 saturated heterocycles. The van der Waals surface area contributed by atoms with Crippen LogP contribution in [0.5, 0.6) is 5.75 Å². The Morgan fingerprint density at radius 2 is 1.96 bits per heavy atom. The number of aromatic nitrogens is 2. The van der Waals surface area contributed by atoms with E-state index < -0.39 is 5.82 Å². The molecule has 122 valence electrons. The van der Waals surface area contributed by atoms with E-state index >= 15 is 0 Å². The maximum Gasteiger partial charge on any atom is 0.262 e. The van der Waals surface area contributed by atoms with Crippen LogP contribution in [0, 0.1) is 12.7 Å². The molecule has 1 aromatic heterocycles. The molecule has 1 N–H and O–H groups in total. The Labute approximate surface area is 137 Å². The van der Waals surface area contributed by atoms with Crippen LogP contribution in [0.2, 0.25) is 0 Å². The summed E-state index contributed by atoms with van der Waals surface area (Å²) in [5, 5.41) is 6.38. The van der Waals surface area contributed by atoms with E-state index in [1.54, 1.807) is 43.3 Å². The third-order valence-corrected chi connectivity index (χ3v) is 3.14. The van der Waals surface area contributed by atoms with E-state index in [1.165, 1.54) is 12.1 Å². The fraction of sp³-hybridized carbons (Fsp3) is 0.118. The normalized spacial score (nSPS) is 10.4. The molecule has 0 unspecified atom stereocenters. The summed E-state index contributed by atoms with van der Waals surface area (Å²) in [4.78, 5) is 16.0. The summed E-state index contributed by atoms with van der Waals surface area (Å²) >= 11 is 0. The molecule has 7 heteroatoms. The van der Waals surface area contributed by atoms with E-state index in [0.29, 0.717) is 17.4 Å². The standard InChI is InChI=1S/C17H14FN3O3/c1-11-19-17(24-21-11)12-6-8-13(9-7-12)20-16(22)10-23-15-5-3-2-4-14(15)18/h2-9H,10H2,1H3,(H,20,22). The molecule has 2 aromatic carbocycles. The molecule has 0 fully saturated rings. The molecule has 0 aliphatic heterocycles. The Bertz CT molecular complexity index is 846. The van der Waals surface area contributed by atoms with Crippen molar-refractivity contribution in [1.82, 2.24) is 10.1 Å². The summed E-state index contributed by atoms with van der Waals surface area (Å²) in [6.07, 6.45) is 0. The topological polar surface area (TPSA) is 77.2 Å². The molecule has 0 spiro atoms. The molecule has 0 aliphatic rings. The summed E-state index contributed by atoms with van der Waals surface area (Å²) in [6.45, 7) is 1.45. The molecule has 6 nitrogen and oxygen atoms in total. The molecule has 0 bridgehead atoms. The Balaban J connectivity index is 1.57. The first-order valence-corrected chi connectivity index (χ1v) is 7.20. The van der Waals surface area contributed by atoms with Crippen LogP contribution in [0.4, 0.5) is 10.1 Å². The van der Waals surface area contributed by atoms with Gasteiger partial charge in [-0.05, 0) is 43.3 Å². The third kappa shape index (κ3) is 3.75. The minimum absolute atomic E-state index is 0.0368. The molecule has 1 amide bonds. The fourth-order valence-corrected chi connectivity index (χ4v) is 2.01. The van der Waals surface area contributed by atoms with Gasteiger partial charge in [0.25, 0.3) is 11.8 Å². The van der Waals surface area contributed by atoms with Crippen LogP contribution in [0.15, 0.2) is 53.1 Å². The maximum atomic E-state index is 13.4. The highest BCUT2D eigenvalue weighted by molar-refractivity contribution is 5.92. The Morgan fingerprint density at radius 3 is 2.62 bits per heavy atom. The van der Waals surface area contributed by atoms with Crippen molar-refractivity contribution in [1.29, 1.82) is 0 Å². The zero-order valence-corrected chi connectivity index (χ0v) is 12.8. The van der Waals surface area contributed by atoms with Crippen LogP contribution >= 0.6 is 0 Å². The number of hydrogen-bond acceptors (Lipinski definition) is 5. The van der Waals surface area contributed by atoms with Gasteiger partial charge in [0, 0.05) is 11.3 Å². The number of carbonyl (C=O) groups excluding carboxylic acids is 1. The van der Waals surface area contributed by atoms with Crippen LogP contribution in [0.3, 0.4) is 0 Å². The lowest BCUT2D eigenvalue weighted by Crippen LogP contribution is -2.20. The number of rotatable bonds is 5. The lowest BCUT2D eigenvalue weighted by Gasteiger charge is -2.08. The number of halogens is 1. The molecule has 3 rings (SSSR count). The van der Waals surface area contributed by atoms with Crippen LogP contribution in [-0.2, 0) is 4.79 Å². The van der Waals surface area contributed by atoms with E-state index in [0.717, 1.165) is 5.56 Å². The zero-order chi connectivity index (χ0) is 16.9. The molecular weight excluding hydrogens is 313 g/mol. The molecule has 24 heavy (non-hydrogen) atoms.